The molecule has 0 aromatic heterocycles. The number of dihydropyridines is 1. The van der Waals surface area contributed by atoms with Gasteiger partial charge in [0.2, 0.25) is 0 Å². The number of ether oxygens (including phenoxy) is 2. The van der Waals surface area contributed by atoms with Gasteiger partial charge in [0.05, 0.1) is 23.2 Å². The van der Waals surface area contributed by atoms with E-state index in [1.165, 1.54) is 31.4 Å². The molecular weight excluding hydrogens is 512 g/mol. The van der Waals surface area contributed by atoms with Crippen LogP contribution in [0.3, 0.4) is 0 Å². The average molecular weight is 544 g/mol. The van der Waals surface area contributed by atoms with Crippen LogP contribution in [0.15, 0.2) is 71.1 Å². The minimum Gasteiger partial charge on any atom is -0.466 e. The highest BCUT2D eigenvalue weighted by Crippen LogP contribution is 2.31. The zero-order valence-corrected chi connectivity index (χ0v) is 22.3. The van der Waals surface area contributed by atoms with Crippen LogP contribution in [-0.4, -0.2) is 47.6 Å². The lowest BCUT2D eigenvalue weighted by Gasteiger charge is -2.28. The Balaban J connectivity index is 0.000000395. The van der Waals surface area contributed by atoms with Crippen molar-refractivity contribution in [2.45, 2.75) is 45.8 Å². The van der Waals surface area contributed by atoms with Crippen molar-refractivity contribution in [1.82, 2.24) is 10.2 Å². The second kappa shape index (κ2) is 12.6. The first kappa shape index (κ1) is 29.4. The van der Waals surface area contributed by atoms with Crippen molar-refractivity contribution in [2.24, 2.45) is 0 Å². The molecule has 39 heavy (non-hydrogen) atoms. The highest BCUT2D eigenvalue weighted by Gasteiger charge is 2.39. The Bertz CT molecular complexity index is 1290. The molecule has 2 heterocycles. The Morgan fingerprint density at radius 2 is 1.64 bits per heavy atom. The van der Waals surface area contributed by atoms with Gasteiger partial charge in [0, 0.05) is 62.1 Å². The number of nitrogens with one attached hydrogen (secondary N) is 1. The molecule has 0 aliphatic carbocycles. The molecule has 1 N–H and O–H groups in total. The number of allylic oxidation sites excluding steroid dienone is 2. The van der Waals surface area contributed by atoms with Crippen molar-refractivity contribution in [1.29, 1.82) is 0 Å². The third-order valence-electron chi connectivity index (χ3n) is 6.46. The van der Waals surface area contributed by atoms with Gasteiger partial charge in [-0.25, -0.2) is 18.4 Å². The monoisotopic (exact) mass is 543 g/mol. The summed E-state index contributed by atoms with van der Waals surface area (Å²) in [5.74, 6) is -2.21. The number of nitro benzene ring substituents is 1. The number of carbonyl (C=O) groups is 2. The number of benzene rings is 2. The molecule has 2 aliphatic heterocycles. The number of methoxy groups -OCH3 is 1. The molecule has 1 fully saturated rings. The molecule has 2 aromatic rings. The van der Waals surface area contributed by atoms with Gasteiger partial charge in [-0.3, -0.25) is 15.0 Å². The van der Waals surface area contributed by atoms with Crippen LogP contribution in [0.4, 0.5) is 14.5 Å². The Morgan fingerprint density at radius 3 is 2.18 bits per heavy atom. The van der Waals surface area contributed by atoms with Crippen LogP contribution in [0.2, 0.25) is 0 Å². The number of halogens is 2. The first-order valence-corrected chi connectivity index (χ1v) is 12.3. The van der Waals surface area contributed by atoms with Crippen LogP contribution < -0.4 is 5.32 Å². The zero-order chi connectivity index (χ0) is 28.7. The first-order valence-electron chi connectivity index (χ1n) is 12.3. The van der Waals surface area contributed by atoms with E-state index in [0.717, 1.165) is 6.07 Å². The SMILES string of the molecule is COC(=O)C1=C(C)NC(C)=C(C(=O)O[C@]2(C)CCN(Cc3cc(F)cc(F)c3)C2)C1.O=[N+]([O-])c1ccccc1. The van der Waals surface area contributed by atoms with Gasteiger partial charge in [-0.2, -0.15) is 0 Å². The summed E-state index contributed by atoms with van der Waals surface area (Å²) >= 11 is 0. The van der Waals surface area contributed by atoms with E-state index in [1.54, 1.807) is 32.0 Å². The Labute approximate surface area is 225 Å². The molecule has 4 rings (SSSR count). The molecule has 2 aliphatic rings. The minimum absolute atomic E-state index is 0.137. The number of rotatable bonds is 6. The van der Waals surface area contributed by atoms with E-state index in [4.69, 9.17) is 9.47 Å². The smallest absolute Gasteiger partial charge is 0.336 e. The van der Waals surface area contributed by atoms with Gasteiger partial charge in [-0.1, -0.05) is 18.2 Å². The Morgan fingerprint density at radius 1 is 1.05 bits per heavy atom. The standard InChI is InChI=1S/C22H26F2N2O4.C6H5NO2/c1-13-18(20(27)29-4)10-19(14(2)25-13)21(28)30-22(3)5-6-26(12-22)11-15-7-16(23)9-17(24)8-15;8-7(9)6-4-2-1-3-5-6/h7-9,25H,5-6,10-12H2,1-4H3;1-5H/t22-;/m1./s1. The molecule has 0 spiro atoms. The lowest BCUT2D eigenvalue weighted by Crippen LogP contribution is -2.37. The number of hydrogen-bond acceptors (Lipinski definition) is 8. The van der Waals surface area contributed by atoms with Crippen molar-refractivity contribution in [2.75, 3.05) is 20.2 Å². The van der Waals surface area contributed by atoms with E-state index in [-0.39, 0.29) is 12.1 Å². The minimum atomic E-state index is -0.738. The summed E-state index contributed by atoms with van der Waals surface area (Å²) in [6, 6.07) is 11.4. The quantitative estimate of drug-likeness (QED) is 0.315. The van der Waals surface area contributed by atoms with Crippen LogP contribution in [0.25, 0.3) is 0 Å². The molecule has 11 heteroatoms. The second-order valence-corrected chi connectivity index (χ2v) is 9.67. The van der Waals surface area contributed by atoms with Gasteiger partial charge in [-0.15, -0.1) is 0 Å². The molecule has 2 aromatic carbocycles. The van der Waals surface area contributed by atoms with Crippen LogP contribution in [0.5, 0.6) is 0 Å². The normalized spacial score (nSPS) is 19.1. The first-order chi connectivity index (χ1) is 18.4. The fourth-order valence-corrected chi connectivity index (χ4v) is 4.49. The highest BCUT2D eigenvalue weighted by atomic mass is 19.1. The van der Waals surface area contributed by atoms with E-state index < -0.39 is 34.1 Å². The molecule has 0 saturated carbocycles. The summed E-state index contributed by atoms with van der Waals surface area (Å²) in [5.41, 5.74) is 1.99. The topological polar surface area (TPSA) is 111 Å². The van der Waals surface area contributed by atoms with E-state index in [9.17, 15) is 28.5 Å². The molecule has 9 nitrogen and oxygen atoms in total. The third-order valence-corrected chi connectivity index (χ3v) is 6.46. The number of nitrogens with zero attached hydrogens (tertiary/aromatic N) is 2. The molecule has 0 bridgehead atoms. The van der Waals surface area contributed by atoms with Gasteiger partial charge in [0.1, 0.15) is 17.2 Å². The maximum absolute atomic E-state index is 13.4. The molecule has 0 amide bonds. The number of non-ortho nitro benzene ring substituents is 1. The predicted molar refractivity (Wildman–Crippen MR) is 139 cm³/mol. The van der Waals surface area contributed by atoms with E-state index in [1.807, 2.05) is 11.8 Å². The van der Waals surface area contributed by atoms with Crippen LogP contribution in [0.1, 0.15) is 39.2 Å². The fraction of sp³-hybridized carbons (Fsp3) is 0.357. The van der Waals surface area contributed by atoms with Crippen molar-refractivity contribution >= 4 is 17.6 Å². The molecule has 208 valence electrons. The van der Waals surface area contributed by atoms with E-state index in [0.29, 0.717) is 54.2 Å². The average Bonchev–Trinajstić information content (AvgIpc) is 3.23. The molecule has 1 saturated heterocycles. The van der Waals surface area contributed by atoms with Gasteiger partial charge in [-0.05, 0) is 38.5 Å². The Kier molecular flexibility index (Phi) is 9.52. The maximum atomic E-state index is 13.4. The molecule has 1 atom stereocenters. The van der Waals surface area contributed by atoms with Crippen LogP contribution in [-0.2, 0) is 25.6 Å². The van der Waals surface area contributed by atoms with Gasteiger partial charge in [0.25, 0.3) is 5.69 Å². The zero-order valence-electron chi connectivity index (χ0n) is 22.3. The highest BCUT2D eigenvalue weighted by molar-refractivity contribution is 5.96. The van der Waals surface area contributed by atoms with Crippen molar-refractivity contribution in [3.63, 3.8) is 0 Å². The number of likely N-dealkylation sites (tertiary alicyclic amines) is 1. The van der Waals surface area contributed by atoms with Crippen LogP contribution in [0, 0.1) is 21.7 Å². The van der Waals surface area contributed by atoms with E-state index in [2.05, 4.69) is 5.32 Å². The van der Waals surface area contributed by atoms with Gasteiger partial charge in [0.15, 0.2) is 0 Å². The summed E-state index contributed by atoms with van der Waals surface area (Å²) in [6.07, 6.45) is 0.730. The number of para-hydroxylation sites is 1. The maximum Gasteiger partial charge on any atom is 0.336 e. The van der Waals surface area contributed by atoms with Crippen molar-refractivity contribution in [3.8, 4) is 0 Å². The van der Waals surface area contributed by atoms with Gasteiger partial charge < -0.3 is 14.8 Å². The molecule has 0 radical (unpaired) electrons. The predicted octanol–water partition coefficient (Wildman–Crippen LogP) is 4.78. The molecule has 0 unspecified atom stereocenters. The number of nitro groups is 1. The number of esters is 2. The summed E-state index contributed by atoms with van der Waals surface area (Å²) < 4.78 is 37.5. The fourth-order valence-electron chi connectivity index (χ4n) is 4.49. The molecular formula is C28H31F2N3O6. The van der Waals surface area contributed by atoms with Crippen molar-refractivity contribution < 1.29 is 32.8 Å². The summed E-state index contributed by atoms with van der Waals surface area (Å²) in [4.78, 5) is 36.4. The lowest BCUT2D eigenvalue weighted by molar-refractivity contribution is -0.384. The number of carbonyl (C=O) groups excluding carboxylic acids is 2. The number of hydrogen-bond donors (Lipinski definition) is 1. The largest absolute Gasteiger partial charge is 0.466 e. The summed E-state index contributed by atoms with van der Waals surface area (Å²) in [7, 11) is 1.30. The van der Waals surface area contributed by atoms with E-state index >= 15 is 0 Å². The summed E-state index contributed by atoms with van der Waals surface area (Å²) in [6.45, 7) is 6.78. The summed E-state index contributed by atoms with van der Waals surface area (Å²) in [5, 5.41) is 13.0. The van der Waals surface area contributed by atoms with Crippen molar-refractivity contribution in [3.05, 3.63) is 98.4 Å². The van der Waals surface area contributed by atoms with Crippen LogP contribution >= 0.6 is 0 Å². The third kappa shape index (κ3) is 7.93. The Hall–Kier alpha value is -4.12. The van der Waals surface area contributed by atoms with Gasteiger partial charge >= 0.3 is 11.9 Å². The lowest BCUT2D eigenvalue weighted by atomic mass is 9.97. The second-order valence-electron chi connectivity index (χ2n) is 9.67.